The van der Waals surface area contributed by atoms with Crippen LogP contribution in [-0.2, 0) is 16.0 Å². The molecule has 206 valence electrons. The largest absolute Gasteiger partial charge is 0.462 e. The normalized spacial score (nSPS) is 13.6. The van der Waals surface area contributed by atoms with Gasteiger partial charge in [-0.15, -0.1) is 0 Å². The molecule has 3 atom stereocenters. The predicted octanol–water partition coefficient (Wildman–Crippen LogP) is 4.68. The molecule has 3 rings (SSSR count). The maximum absolute atomic E-state index is 13.3. The fourth-order valence-electron chi connectivity index (χ4n) is 3.91. The van der Waals surface area contributed by atoms with Gasteiger partial charge in [-0.25, -0.2) is 4.98 Å². The van der Waals surface area contributed by atoms with Crippen LogP contribution >= 0.6 is 23.2 Å². The summed E-state index contributed by atoms with van der Waals surface area (Å²) in [5.74, 6) is -1.40. The van der Waals surface area contributed by atoms with Crippen LogP contribution in [-0.4, -0.2) is 40.4 Å². The summed E-state index contributed by atoms with van der Waals surface area (Å²) < 4.78 is 5.89. The smallest absolute Gasteiger partial charge is 0.263 e. The zero-order valence-corrected chi connectivity index (χ0v) is 23.7. The van der Waals surface area contributed by atoms with Gasteiger partial charge in [0.25, 0.3) is 11.8 Å². The number of pyridine rings is 1. The van der Waals surface area contributed by atoms with E-state index < -0.39 is 23.5 Å². The van der Waals surface area contributed by atoms with Gasteiger partial charge in [-0.1, -0.05) is 47.5 Å². The Bertz CT molecular complexity index is 1310. The Balaban J connectivity index is 1.71. The number of nitrogens with two attached hydrogens (primary N) is 1. The van der Waals surface area contributed by atoms with Crippen molar-refractivity contribution >= 4 is 40.9 Å². The van der Waals surface area contributed by atoms with Crippen molar-refractivity contribution in [3.05, 3.63) is 93.6 Å². The van der Waals surface area contributed by atoms with E-state index in [0.29, 0.717) is 16.5 Å². The second-order valence-electron chi connectivity index (χ2n) is 9.85. The first-order chi connectivity index (χ1) is 18.4. The van der Waals surface area contributed by atoms with Crippen molar-refractivity contribution in [1.82, 2.24) is 15.6 Å². The number of nitrogens with zero attached hydrogens (tertiary/aromatic N) is 1. The van der Waals surface area contributed by atoms with E-state index in [0.717, 1.165) is 11.1 Å². The Kier molecular flexibility index (Phi) is 9.94. The lowest BCUT2D eigenvalue weighted by Gasteiger charge is -2.30. The van der Waals surface area contributed by atoms with E-state index in [2.05, 4.69) is 15.6 Å². The fourth-order valence-corrected chi connectivity index (χ4v) is 4.23. The molecule has 8 nitrogen and oxygen atoms in total. The number of ether oxygens (including phenoxy) is 1. The van der Waals surface area contributed by atoms with Crippen LogP contribution in [0.15, 0.2) is 66.9 Å². The second-order valence-corrected chi connectivity index (χ2v) is 10.7. The van der Waals surface area contributed by atoms with Crippen LogP contribution in [0.5, 0.6) is 5.88 Å². The van der Waals surface area contributed by atoms with Crippen molar-refractivity contribution in [2.45, 2.75) is 57.7 Å². The molecular weight excluding hydrogens is 539 g/mol. The fraction of sp³-hybridized carbons (Fsp3) is 0.310. The molecule has 3 unspecified atom stereocenters. The number of aromatic nitrogens is 1. The molecule has 4 N–H and O–H groups in total. The Morgan fingerprint density at radius 2 is 1.67 bits per heavy atom. The average Bonchev–Trinajstić information content (AvgIpc) is 2.88. The number of nitrogens with one attached hydrogen (secondary N) is 2. The number of hydrogen-bond donors (Lipinski definition) is 3. The highest BCUT2D eigenvalue weighted by molar-refractivity contribution is 6.30. The number of carbonyl (C=O) groups excluding carboxylic acids is 3. The van der Waals surface area contributed by atoms with Crippen LogP contribution in [0.3, 0.4) is 0 Å². The lowest BCUT2D eigenvalue weighted by atomic mass is 9.86. The Morgan fingerprint density at radius 1 is 0.974 bits per heavy atom. The Hall–Kier alpha value is -3.62. The van der Waals surface area contributed by atoms with Crippen molar-refractivity contribution < 1.29 is 19.1 Å². The van der Waals surface area contributed by atoms with Crippen molar-refractivity contribution in [1.29, 1.82) is 0 Å². The summed E-state index contributed by atoms with van der Waals surface area (Å²) in [6, 6.07) is 17.1. The molecule has 0 saturated heterocycles. The molecule has 0 fully saturated rings. The van der Waals surface area contributed by atoms with Crippen LogP contribution in [0.25, 0.3) is 0 Å². The standard InChI is InChI=1S/C29H32Cl2N4O4/c1-17(24(20-6-5-7-23(31)15-20)14-19-8-11-22(30)12-9-19)35-28(38)29(3,4)39-25-13-10-21(16-33-25)27(37)34-18(2)26(32)36/h5-13,15-18,24H,14H2,1-4H3,(H2,32,36)(H,34,37)(H,35,38). The van der Waals surface area contributed by atoms with Crippen molar-refractivity contribution in [3.63, 3.8) is 0 Å². The molecular formula is C29H32Cl2N4O4. The molecule has 0 saturated carbocycles. The van der Waals surface area contributed by atoms with Gasteiger partial charge in [-0.05, 0) is 75.6 Å². The van der Waals surface area contributed by atoms with Gasteiger partial charge in [-0.2, -0.15) is 0 Å². The van der Waals surface area contributed by atoms with Crippen LogP contribution in [0.1, 0.15) is 55.1 Å². The molecule has 3 amide bonds. The number of rotatable bonds is 11. The quantitative estimate of drug-likeness (QED) is 0.309. The Labute approximate surface area is 238 Å². The van der Waals surface area contributed by atoms with E-state index in [-0.39, 0.29) is 29.3 Å². The molecule has 0 aliphatic rings. The summed E-state index contributed by atoms with van der Waals surface area (Å²) in [6.45, 7) is 6.70. The first kappa shape index (κ1) is 29.9. The van der Waals surface area contributed by atoms with Gasteiger partial charge in [-0.3, -0.25) is 14.4 Å². The third-order valence-electron chi connectivity index (χ3n) is 6.29. The van der Waals surface area contributed by atoms with Crippen LogP contribution in [0.2, 0.25) is 10.0 Å². The summed E-state index contributed by atoms with van der Waals surface area (Å²) in [7, 11) is 0. The molecule has 0 aliphatic heterocycles. The minimum Gasteiger partial charge on any atom is -0.462 e. The molecule has 3 aromatic rings. The number of hydrogen-bond acceptors (Lipinski definition) is 5. The Morgan fingerprint density at radius 3 is 2.26 bits per heavy atom. The maximum Gasteiger partial charge on any atom is 0.263 e. The number of halogens is 2. The topological polar surface area (TPSA) is 123 Å². The lowest BCUT2D eigenvalue weighted by molar-refractivity contribution is -0.135. The van der Waals surface area contributed by atoms with Gasteiger partial charge < -0.3 is 21.1 Å². The van der Waals surface area contributed by atoms with Gasteiger partial charge in [0.1, 0.15) is 6.04 Å². The van der Waals surface area contributed by atoms with E-state index in [1.165, 1.54) is 25.3 Å². The van der Waals surface area contributed by atoms with Crippen LogP contribution in [0.4, 0.5) is 0 Å². The molecule has 1 aromatic heterocycles. The lowest BCUT2D eigenvalue weighted by Crippen LogP contribution is -2.51. The van der Waals surface area contributed by atoms with Gasteiger partial charge >= 0.3 is 0 Å². The SMILES string of the molecule is CC(NC(=O)c1ccc(OC(C)(C)C(=O)NC(C)C(Cc2ccc(Cl)cc2)c2cccc(Cl)c2)nc1)C(N)=O. The van der Waals surface area contributed by atoms with Crippen molar-refractivity contribution in [2.75, 3.05) is 0 Å². The first-order valence-electron chi connectivity index (χ1n) is 12.4. The van der Waals surface area contributed by atoms with Crippen molar-refractivity contribution in [3.8, 4) is 5.88 Å². The number of benzene rings is 2. The predicted molar refractivity (Wildman–Crippen MR) is 152 cm³/mol. The van der Waals surface area contributed by atoms with Crippen molar-refractivity contribution in [2.24, 2.45) is 5.73 Å². The summed E-state index contributed by atoms with van der Waals surface area (Å²) in [4.78, 5) is 40.9. The minimum atomic E-state index is -1.27. The third-order valence-corrected chi connectivity index (χ3v) is 6.77. The zero-order chi connectivity index (χ0) is 28.7. The van der Waals surface area contributed by atoms with E-state index in [4.69, 9.17) is 33.7 Å². The molecule has 0 bridgehead atoms. The van der Waals surface area contributed by atoms with Crippen LogP contribution < -0.4 is 21.1 Å². The van der Waals surface area contributed by atoms with Gasteiger partial charge in [0.05, 0.1) is 5.56 Å². The first-order valence-corrected chi connectivity index (χ1v) is 13.2. The van der Waals surface area contributed by atoms with Crippen LogP contribution in [0, 0.1) is 0 Å². The van der Waals surface area contributed by atoms with Gasteiger partial charge in [0, 0.05) is 34.3 Å². The van der Waals surface area contributed by atoms with E-state index in [1.54, 1.807) is 13.8 Å². The second kappa shape index (κ2) is 13.0. The monoisotopic (exact) mass is 570 g/mol. The highest BCUT2D eigenvalue weighted by Crippen LogP contribution is 2.28. The summed E-state index contributed by atoms with van der Waals surface area (Å²) in [5.41, 5.74) is 6.19. The summed E-state index contributed by atoms with van der Waals surface area (Å²) in [6.07, 6.45) is 1.95. The highest BCUT2D eigenvalue weighted by atomic mass is 35.5. The number of primary amides is 1. The average molecular weight is 572 g/mol. The van der Waals surface area contributed by atoms with Gasteiger partial charge in [0.15, 0.2) is 5.60 Å². The third kappa shape index (κ3) is 8.43. The van der Waals surface area contributed by atoms with Gasteiger partial charge in [0.2, 0.25) is 11.8 Å². The van der Waals surface area contributed by atoms with E-state index in [9.17, 15) is 14.4 Å². The minimum absolute atomic E-state index is 0.0802. The zero-order valence-electron chi connectivity index (χ0n) is 22.2. The van der Waals surface area contributed by atoms with E-state index in [1.807, 2.05) is 55.5 Å². The summed E-state index contributed by atoms with van der Waals surface area (Å²) in [5, 5.41) is 6.83. The number of carbonyl (C=O) groups is 3. The molecule has 10 heteroatoms. The highest BCUT2D eigenvalue weighted by Gasteiger charge is 2.33. The maximum atomic E-state index is 13.3. The molecule has 0 aliphatic carbocycles. The molecule has 1 heterocycles. The molecule has 2 aromatic carbocycles. The number of amides is 3. The molecule has 0 radical (unpaired) electrons. The summed E-state index contributed by atoms with van der Waals surface area (Å²) >= 11 is 12.3. The van der Waals surface area contributed by atoms with E-state index >= 15 is 0 Å². The molecule has 39 heavy (non-hydrogen) atoms. The molecule has 0 spiro atoms.